The van der Waals surface area contributed by atoms with Crippen LogP contribution in [0, 0.1) is 5.82 Å². The Morgan fingerprint density at radius 2 is 1.75 bits per heavy atom. The lowest BCUT2D eigenvalue weighted by molar-refractivity contribution is 0.627. The molecule has 0 spiro atoms. The molecule has 0 aliphatic rings. The van der Waals surface area contributed by atoms with E-state index in [0.717, 1.165) is 29.7 Å². The van der Waals surface area contributed by atoms with E-state index in [4.69, 9.17) is 0 Å². The predicted octanol–water partition coefficient (Wildman–Crippen LogP) is 4.03. The Balaban J connectivity index is 1.69. The molecule has 0 atom stereocenters. The van der Waals surface area contributed by atoms with Crippen molar-refractivity contribution in [1.29, 1.82) is 0 Å². The number of pyridine rings is 1. The van der Waals surface area contributed by atoms with Crippen molar-refractivity contribution in [2.45, 2.75) is 6.42 Å². The number of benzene rings is 2. The second-order valence-corrected chi connectivity index (χ2v) is 4.68. The number of aromatic nitrogens is 1. The SMILES string of the molecule is Fc1ccc(CCNc2nccc3ccccc23)cc1. The first-order chi connectivity index (χ1) is 9.83. The highest BCUT2D eigenvalue weighted by molar-refractivity contribution is 5.91. The first-order valence-electron chi connectivity index (χ1n) is 6.65. The maximum Gasteiger partial charge on any atom is 0.133 e. The van der Waals surface area contributed by atoms with Crippen LogP contribution in [0.5, 0.6) is 0 Å². The quantitative estimate of drug-likeness (QED) is 0.771. The number of rotatable bonds is 4. The molecule has 0 unspecified atom stereocenters. The Morgan fingerprint density at radius 3 is 2.60 bits per heavy atom. The number of anilines is 1. The second kappa shape index (κ2) is 5.70. The monoisotopic (exact) mass is 266 g/mol. The molecule has 2 aromatic carbocycles. The predicted molar refractivity (Wildman–Crippen MR) is 80.3 cm³/mol. The molecule has 0 aliphatic heterocycles. The van der Waals surface area contributed by atoms with E-state index in [9.17, 15) is 4.39 Å². The second-order valence-electron chi connectivity index (χ2n) is 4.68. The Bertz CT molecular complexity index is 702. The number of nitrogens with one attached hydrogen (secondary N) is 1. The molecule has 0 fully saturated rings. The fraction of sp³-hybridized carbons (Fsp3) is 0.118. The summed E-state index contributed by atoms with van der Waals surface area (Å²) in [5, 5.41) is 5.64. The third kappa shape index (κ3) is 2.77. The topological polar surface area (TPSA) is 24.9 Å². The van der Waals surface area contributed by atoms with Crippen molar-refractivity contribution in [2.75, 3.05) is 11.9 Å². The van der Waals surface area contributed by atoms with Gasteiger partial charge >= 0.3 is 0 Å². The van der Waals surface area contributed by atoms with Crippen molar-refractivity contribution in [3.63, 3.8) is 0 Å². The number of fused-ring (bicyclic) bond motifs is 1. The van der Waals surface area contributed by atoms with Crippen LogP contribution in [0.3, 0.4) is 0 Å². The third-order valence-corrected chi connectivity index (χ3v) is 3.29. The van der Waals surface area contributed by atoms with Crippen LogP contribution in [0.1, 0.15) is 5.56 Å². The van der Waals surface area contributed by atoms with Gasteiger partial charge in [0.15, 0.2) is 0 Å². The minimum absolute atomic E-state index is 0.197. The van der Waals surface area contributed by atoms with E-state index in [2.05, 4.69) is 22.4 Å². The molecule has 0 aliphatic carbocycles. The molecule has 0 amide bonds. The highest BCUT2D eigenvalue weighted by Crippen LogP contribution is 2.20. The van der Waals surface area contributed by atoms with E-state index in [1.54, 1.807) is 0 Å². The highest BCUT2D eigenvalue weighted by Gasteiger charge is 2.01. The van der Waals surface area contributed by atoms with Crippen LogP contribution in [0.15, 0.2) is 60.8 Å². The van der Waals surface area contributed by atoms with Gasteiger partial charge in [0.05, 0.1) is 0 Å². The molecule has 1 heterocycles. The minimum Gasteiger partial charge on any atom is -0.369 e. The number of halogens is 1. The Kier molecular flexibility index (Phi) is 3.59. The van der Waals surface area contributed by atoms with Crippen molar-refractivity contribution >= 4 is 16.6 Å². The van der Waals surface area contributed by atoms with Crippen molar-refractivity contribution in [3.8, 4) is 0 Å². The summed E-state index contributed by atoms with van der Waals surface area (Å²) in [6.45, 7) is 0.770. The molecular formula is C17H15FN2. The molecule has 1 N–H and O–H groups in total. The van der Waals surface area contributed by atoms with Crippen molar-refractivity contribution in [2.24, 2.45) is 0 Å². The van der Waals surface area contributed by atoms with Gasteiger partial charge in [-0.1, -0.05) is 36.4 Å². The van der Waals surface area contributed by atoms with Gasteiger partial charge in [0.25, 0.3) is 0 Å². The van der Waals surface area contributed by atoms with Gasteiger partial charge in [0, 0.05) is 18.1 Å². The third-order valence-electron chi connectivity index (χ3n) is 3.29. The summed E-state index contributed by atoms with van der Waals surface area (Å²) in [7, 11) is 0. The normalized spacial score (nSPS) is 10.7. The zero-order valence-corrected chi connectivity index (χ0v) is 11.0. The number of hydrogen-bond donors (Lipinski definition) is 1. The van der Waals surface area contributed by atoms with Crippen molar-refractivity contribution in [3.05, 3.63) is 72.2 Å². The molecule has 1 aromatic heterocycles. The van der Waals surface area contributed by atoms with E-state index in [1.807, 2.05) is 36.5 Å². The molecule has 2 nitrogen and oxygen atoms in total. The van der Waals surface area contributed by atoms with Crippen LogP contribution in [0.2, 0.25) is 0 Å². The number of nitrogens with zero attached hydrogens (tertiary/aromatic N) is 1. The van der Waals surface area contributed by atoms with Crippen molar-refractivity contribution < 1.29 is 4.39 Å². The fourth-order valence-corrected chi connectivity index (χ4v) is 2.24. The first-order valence-corrected chi connectivity index (χ1v) is 6.65. The molecule has 0 radical (unpaired) electrons. The highest BCUT2D eigenvalue weighted by atomic mass is 19.1. The molecule has 0 bridgehead atoms. The van der Waals surface area contributed by atoms with Crippen LogP contribution in [-0.2, 0) is 6.42 Å². The van der Waals surface area contributed by atoms with Crippen LogP contribution in [0.25, 0.3) is 10.8 Å². The molecular weight excluding hydrogens is 251 g/mol. The Labute approximate surface area is 117 Å². The van der Waals surface area contributed by atoms with Gasteiger partial charge in [-0.05, 0) is 35.6 Å². The van der Waals surface area contributed by atoms with Crippen LogP contribution < -0.4 is 5.32 Å². The van der Waals surface area contributed by atoms with E-state index in [0.29, 0.717) is 0 Å². The van der Waals surface area contributed by atoms with Crippen LogP contribution in [0.4, 0.5) is 10.2 Å². The minimum atomic E-state index is -0.197. The smallest absolute Gasteiger partial charge is 0.133 e. The summed E-state index contributed by atoms with van der Waals surface area (Å²) < 4.78 is 12.8. The largest absolute Gasteiger partial charge is 0.369 e. The van der Waals surface area contributed by atoms with Crippen LogP contribution >= 0.6 is 0 Å². The first kappa shape index (κ1) is 12.6. The van der Waals surface area contributed by atoms with E-state index >= 15 is 0 Å². The standard InChI is InChI=1S/C17H15FN2/c18-15-7-5-13(6-8-15)9-11-19-17-16-4-2-1-3-14(16)10-12-20-17/h1-8,10,12H,9,11H2,(H,19,20). The Morgan fingerprint density at radius 1 is 0.950 bits per heavy atom. The average molecular weight is 266 g/mol. The van der Waals surface area contributed by atoms with Gasteiger partial charge in [0.1, 0.15) is 11.6 Å². The fourth-order valence-electron chi connectivity index (χ4n) is 2.24. The lowest BCUT2D eigenvalue weighted by atomic mass is 10.1. The summed E-state index contributed by atoms with van der Waals surface area (Å²) in [5.41, 5.74) is 1.11. The molecule has 0 saturated carbocycles. The maximum absolute atomic E-state index is 12.8. The Hall–Kier alpha value is -2.42. The molecule has 3 heteroatoms. The summed E-state index contributed by atoms with van der Waals surface area (Å²) in [6.07, 6.45) is 2.65. The molecule has 20 heavy (non-hydrogen) atoms. The molecule has 100 valence electrons. The molecule has 3 aromatic rings. The van der Waals surface area contributed by atoms with E-state index in [-0.39, 0.29) is 5.82 Å². The van der Waals surface area contributed by atoms with Gasteiger partial charge < -0.3 is 5.32 Å². The zero-order chi connectivity index (χ0) is 13.8. The molecule has 3 rings (SSSR count). The summed E-state index contributed by atoms with van der Waals surface area (Å²) in [6, 6.07) is 16.8. The van der Waals surface area contributed by atoms with Gasteiger partial charge in [0.2, 0.25) is 0 Å². The molecule has 0 saturated heterocycles. The van der Waals surface area contributed by atoms with Crippen LogP contribution in [-0.4, -0.2) is 11.5 Å². The summed E-state index contributed by atoms with van der Waals surface area (Å²) in [4.78, 5) is 4.38. The van der Waals surface area contributed by atoms with Gasteiger partial charge in [-0.15, -0.1) is 0 Å². The lowest BCUT2D eigenvalue weighted by Gasteiger charge is -2.08. The van der Waals surface area contributed by atoms with Gasteiger partial charge in [-0.2, -0.15) is 0 Å². The van der Waals surface area contributed by atoms with E-state index in [1.165, 1.54) is 17.5 Å². The van der Waals surface area contributed by atoms with Gasteiger partial charge in [-0.3, -0.25) is 0 Å². The average Bonchev–Trinajstić information content (AvgIpc) is 2.49. The summed E-state index contributed by atoms with van der Waals surface area (Å²) in [5.74, 6) is 0.697. The van der Waals surface area contributed by atoms with Gasteiger partial charge in [-0.25, -0.2) is 9.37 Å². The lowest BCUT2D eigenvalue weighted by Crippen LogP contribution is -2.06. The van der Waals surface area contributed by atoms with E-state index < -0.39 is 0 Å². The summed E-state index contributed by atoms with van der Waals surface area (Å²) >= 11 is 0. The number of hydrogen-bond acceptors (Lipinski definition) is 2. The maximum atomic E-state index is 12.8. The zero-order valence-electron chi connectivity index (χ0n) is 11.0. The van der Waals surface area contributed by atoms with Crippen molar-refractivity contribution in [1.82, 2.24) is 4.98 Å².